The van der Waals surface area contributed by atoms with Gasteiger partial charge in [-0.3, -0.25) is 0 Å². The number of hydrogen-bond acceptors (Lipinski definition) is 2. The van der Waals surface area contributed by atoms with Crippen molar-refractivity contribution in [3.05, 3.63) is 0 Å². The number of rotatable bonds is 1. The average Bonchev–Trinajstić information content (AvgIpc) is 1.88. The van der Waals surface area contributed by atoms with Gasteiger partial charge in [0.2, 0.25) is 10.9 Å². The van der Waals surface area contributed by atoms with Crippen molar-refractivity contribution in [2.75, 3.05) is 13.1 Å². The fourth-order valence-corrected chi connectivity index (χ4v) is 1.72. The largest absolute Gasteiger partial charge is 0.215 e. The molecule has 0 aromatic heterocycles. The highest BCUT2D eigenvalue weighted by atomic mass is 32.2. The van der Waals surface area contributed by atoms with Gasteiger partial charge in [-0.1, -0.05) is 5.82 Å². The Hall–Kier alpha value is -0.0251. The van der Waals surface area contributed by atoms with E-state index in [-0.39, 0.29) is 0 Å². The maximum Gasteiger partial charge on any atom is 0.203 e. The Kier molecular flexibility index (Phi) is 2.74. The second-order valence-corrected chi connectivity index (χ2v) is 3.92. The lowest BCUT2D eigenvalue weighted by molar-refractivity contribution is 0.357. The molecule has 1 aliphatic rings. The SMILES string of the molecule is BC1CCN([SH](=O)=O)CC1. The van der Waals surface area contributed by atoms with Crippen molar-refractivity contribution in [1.29, 1.82) is 0 Å². The third-order valence-electron chi connectivity index (χ3n) is 1.99. The van der Waals surface area contributed by atoms with Crippen molar-refractivity contribution >= 4 is 18.7 Å². The van der Waals surface area contributed by atoms with Gasteiger partial charge >= 0.3 is 0 Å². The molecule has 0 amide bonds. The molecule has 0 spiro atoms. The van der Waals surface area contributed by atoms with Crippen LogP contribution in [0.2, 0.25) is 5.82 Å². The third kappa shape index (κ3) is 1.99. The second-order valence-electron chi connectivity index (χ2n) is 2.87. The highest BCUT2D eigenvalue weighted by molar-refractivity contribution is 7.69. The van der Waals surface area contributed by atoms with E-state index >= 15 is 0 Å². The van der Waals surface area contributed by atoms with Crippen LogP contribution in [0.15, 0.2) is 0 Å². The molecule has 58 valence electrons. The summed E-state index contributed by atoms with van der Waals surface area (Å²) in [5.74, 6) is 0.700. The fraction of sp³-hybridized carbons (Fsp3) is 1.00. The number of thiol groups is 1. The molecule has 1 saturated heterocycles. The van der Waals surface area contributed by atoms with E-state index in [1.165, 1.54) is 4.31 Å². The zero-order valence-corrected chi connectivity index (χ0v) is 7.01. The molecule has 0 radical (unpaired) electrons. The van der Waals surface area contributed by atoms with E-state index in [4.69, 9.17) is 0 Å². The molecule has 1 heterocycles. The highest BCUT2D eigenvalue weighted by Gasteiger charge is 2.16. The quantitative estimate of drug-likeness (QED) is 0.397. The summed E-state index contributed by atoms with van der Waals surface area (Å²) in [6, 6.07) is 0. The van der Waals surface area contributed by atoms with Gasteiger partial charge in [-0.25, -0.2) is 12.7 Å². The van der Waals surface area contributed by atoms with Crippen LogP contribution < -0.4 is 0 Å². The summed E-state index contributed by atoms with van der Waals surface area (Å²) in [5, 5.41) is 0. The summed E-state index contributed by atoms with van der Waals surface area (Å²) in [7, 11) is -0.142. The molecule has 1 rings (SSSR count). The Morgan fingerprint density at radius 1 is 1.30 bits per heavy atom. The Morgan fingerprint density at radius 3 is 2.20 bits per heavy atom. The predicted octanol–water partition coefficient (Wildman–Crippen LogP) is -0.970. The Morgan fingerprint density at radius 2 is 1.80 bits per heavy atom. The molecule has 1 fully saturated rings. The lowest BCUT2D eigenvalue weighted by Crippen LogP contribution is -2.30. The molecule has 0 bridgehead atoms. The van der Waals surface area contributed by atoms with E-state index in [1.54, 1.807) is 0 Å². The molecule has 1 aliphatic heterocycles. The molecular formula is C5H12BNO2S. The Balaban J connectivity index is 2.40. The first-order chi connectivity index (χ1) is 4.70. The topological polar surface area (TPSA) is 37.4 Å². The standard InChI is InChI=1S/C5H12BNO2S/c6-5-1-3-7(4-2-5)10(8)9/h5,10H,1-4,6H2. The lowest BCUT2D eigenvalue weighted by Gasteiger charge is -2.24. The van der Waals surface area contributed by atoms with Gasteiger partial charge in [-0.15, -0.1) is 0 Å². The van der Waals surface area contributed by atoms with Crippen LogP contribution in [-0.4, -0.2) is 33.7 Å². The van der Waals surface area contributed by atoms with E-state index in [9.17, 15) is 8.42 Å². The van der Waals surface area contributed by atoms with Crippen LogP contribution in [0.3, 0.4) is 0 Å². The first-order valence-corrected chi connectivity index (χ1v) is 4.72. The monoisotopic (exact) mass is 161 g/mol. The van der Waals surface area contributed by atoms with Gasteiger partial charge in [0.1, 0.15) is 7.85 Å². The molecule has 0 aliphatic carbocycles. The van der Waals surface area contributed by atoms with E-state index in [1.807, 2.05) is 0 Å². The van der Waals surface area contributed by atoms with Gasteiger partial charge in [0.15, 0.2) is 0 Å². The molecule has 0 unspecified atom stereocenters. The molecule has 3 nitrogen and oxygen atoms in total. The zero-order valence-electron chi connectivity index (χ0n) is 6.12. The number of nitrogens with zero attached hydrogens (tertiary/aromatic N) is 1. The summed E-state index contributed by atoms with van der Waals surface area (Å²) in [4.78, 5) is 0. The van der Waals surface area contributed by atoms with Crippen molar-refractivity contribution in [3.63, 3.8) is 0 Å². The maximum atomic E-state index is 10.4. The van der Waals surface area contributed by atoms with Crippen molar-refractivity contribution in [3.8, 4) is 0 Å². The summed E-state index contributed by atoms with van der Waals surface area (Å²) >= 11 is 0. The van der Waals surface area contributed by atoms with Crippen LogP contribution in [0.4, 0.5) is 0 Å². The first kappa shape index (κ1) is 8.08. The summed E-state index contributed by atoms with van der Waals surface area (Å²) in [6.45, 7) is 1.44. The van der Waals surface area contributed by atoms with Gasteiger partial charge in [0.25, 0.3) is 0 Å². The molecule has 5 heteroatoms. The number of piperidine rings is 1. The van der Waals surface area contributed by atoms with Gasteiger partial charge in [0, 0.05) is 13.1 Å². The summed E-state index contributed by atoms with van der Waals surface area (Å²) < 4.78 is 22.4. The molecule has 0 N–H and O–H groups in total. The Labute approximate surface area is 63.9 Å². The van der Waals surface area contributed by atoms with Crippen LogP contribution in [0.25, 0.3) is 0 Å². The third-order valence-corrected chi connectivity index (χ3v) is 2.85. The number of hydrogen-bond donors (Lipinski definition) is 1. The van der Waals surface area contributed by atoms with Gasteiger partial charge < -0.3 is 0 Å². The molecule has 0 saturated carbocycles. The summed E-state index contributed by atoms with van der Waals surface area (Å²) in [5.41, 5.74) is 0. The average molecular weight is 161 g/mol. The van der Waals surface area contributed by atoms with Gasteiger partial charge in [-0.2, -0.15) is 0 Å². The van der Waals surface area contributed by atoms with Crippen LogP contribution in [0.5, 0.6) is 0 Å². The fourth-order valence-electron chi connectivity index (χ4n) is 1.16. The Bertz CT molecular complexity index is 166. The van der Waals surface area contributed by atoms with Gasteiger partial charge in [0.05, 0.1) is 0 Å². The highest BCUT2D eigenvalue weighted by Crippen LogP contribution is 2.18. The first-order valence-electron chi connectivity index (χ1n) is 3.59. The minimum atomic E-state index is -2.30. The second kappa shape index (κ2) is 3.39. The van der Waals surface area contributed by atoms with Crippen LogP contribution in [0, 0.1) is 0 Å². The molecule has 0 aromatic rings. The van der Waals surface area contributed by atoms with Gasteiger partial charge in [-0.05, 0) is 12.8 Å². The van der Waals surface area contributed by atoms with Crippen LogP contribution in [-0.2, 0) is 10.9 Å². The zero-order chi connectivity index (χ0) is 7.56. The minimum Gasteiger partial charge on any atom is -0.215 e. The van der Waals surface area contributed by atoms with Crippen molar-refractivity contribution in [1.82, 2.24) is 4.31 Å². The molecule has 0 atom stereocenters. The minimum absolute atomic E-state index is 0.700. The maximum absolute atomic E-state index is 10.4. The van der Waals surface area contributed by atoms with Crippen molar-refractivity contribution < 1.29 is 8.42 Å². The van der Waals surface area contributed by atoms with E-state index < -0.39 is 10.9 Å². The predicted molar refractivity (Wildman–Crippen MR) is 43.4 cm³/mol. The normalized spacial score (nSPS) is 23.7. The van der Waals surface area contributed by atoms with E-state index in [0.717, 1.165) is 25.9 Å². The summed E-state index contributed by atoms with van der Waals surface area (Å²) in [6.07, 6.45) is 2.03. The van der Waals surface area contributed by atoms with E-state index in [0.29, 0.717) is 5.82 Å². The van der Waals surface area contributed by atoms with E-state index in [2.05, 4.69) is 7.85 Å². The van der Waals surface area contributed by atoms with Crippen molar-refractivity contribution in [2.45, 2.75) is 18.7 Å². The molecule has 10 heavy (non-hydrogen) atoms. The molecular weight excluding hydrogens is 149 g/mol. The molecule has 0 aromatic carbocycles. The van der Waals surface area contributed by atoms with Crippen molar-refractivity contribution in [2.24, 2.45) is 0 Å². The van der Waals surface area contributed by atoms with Crippen LogP contribution >= 0.6 is 0 Å². The van der Waals surface area contributed by atoms with Crippen LogP contribution in [0.1, 0.15) is 12.8 Å². The lowest BCUT2D eigenvalue weighted by atomic mass is 9.80. The smallest absolute Gasteiger partial charge is 0.203 e.